The Kier molecular flexibility index (Phi) is 5.82. The fraction of sp³-hybridized carbons (Fsp3) is 0.125. The molecule has 0 fully saturated rings. The van der Waals surface area contributed by atoms with Crippen molar-refractivity contribution in [3.05, 3.63) is 53.1 Å². The maximum absolute atomic E-state index is 11.7. The molecule has 0 unspecified atom stereocenters. The lowest BCUT2D eigenvalue weighted by atomic mass is 10.2. The van der Waals surface area contributed by atoms with Crippen LogP contribution in [0.15, 0.2) is 47.6 Å². The van der Waals surface area contributed by atoms with Crippen molar-refractivity contribution < 1.29 is 14.6 Å². The molecular formula is C16H16ClN3O3. The Labute approximate surface area is 138 Å². The predicted octanol–water partition coefficient (Wildman–Crippen LogP) is 2.62. The first-order chi connectivity index (χ1) is 11.1. The molecule has 6 nitrogen and oxygen atoms in total. The minimum Gasteiger partial charge on any atom is -0.507 e. The van der Waals surface area contributed by atoms with Crippen LogP contribution in [-0.4, -0.2) is 30.9 Å². The second-order valence-electron chi connectivity index (χ2n) is 4.58. The number of amides is 1. The molecule has 0 radical (unpaired) electrons. The number of nitrogens with zero attached hydrogens (tertiary/aromatic N) is 1. The number of nitrogens with one attached hydrogen (secondary N) is 2. The highest BCUT2D eigenvalue weighted by Crippen LogP contribution is 2.19. The molecule has 2 rings (SSSR count). The van der Waals surface area contributed by atoms with E-state index in [4.69, 9.17) is 16.3 Å². The van der Waals surface area contributed by atoms with Gasteiger partial charge in [0.15, 0.2) is 0 Å². The predicted molar refractivity (Wildman–Crippen MR) is 90.3 cm³/mol. The molecule has 0 bridgehead atoms. The summed E-state index contributed by atoms with van der Waals surface area (Å²) in [4.78, 5) is 11.7. The first-order valence-corrected chi connectivity index (χ1v) is 7.14. The maximum atomic E-state index is 11.7. The molecule has 23 heavy (non-hydrogen) atoms. The van der Waals surface area contributed by atoms with Crippen LogP contribution in [0, 0.1) is 0 Å². The van der Waals surface area contributed by atoms with Crippen molar-refractivity contribution in [1.82, 2.24) is 5.43 Å². The second kappa shape index (κ2) is 8.05. The third kappa shape index (κ3) is 5.19. The Morgan fingerprint density at radius 2 is 2.04 bits per heavy atom. The van der Waals surface area contributed by atoms with Crippen molar-refractivity contribution in [3.8, 4) is 11.5 Å². The van der Waals surface area contributed by atoms with Crippen LogP contribution in [0.25, 0.3) is 0 Å². The van der Waals surface area contributed by atoms with Crippen molar-refractivity contribution in [2.75, 3.05) is 19.0 Å². The summed E-state index contributed by atoms with van der Waals surface area (Å²) in [5.74, 6) is 0.452. The number of hydrogen-bond donors (Lipinski definition) is 3. The minimum absolute atomic E-state index is 0.0313. The smallest absolute Gasteiger partial charge is 0.259 e. The normalized spacial score (nSPS) is 10.5. The highest BCUT2D eigenvalue weighted by molar-refractivity contribution is 6.30. The van der Waals surface area contributed by atoms with Gasteiger partial charge in [0.25, 0.3) is 5.91 Å². The van der Waals surface area contributed by atoms with Gasteiger partial charge in [0, 0.05) is 16.3 Å². The van der Waals surface area contributed by atoms with Gasteiger partial charge in [-0.05, 0) is 42.5 Å². The van der Waals surface area contributed by atoms with Crippen molar-refractivity contribution in [2.45, 2.75) is 0 Å². The van der Waals surface area contributed by atoms with E-state index in [1.165, 1.54) is 12.3 Å². The number of carbonyl (C=O) groups is 1. The zero-order valence-corrected chi connectivity index (χ0v) is 13.2. The number of methoxy groups -OCH3 is 1. The molecular weight excluding hydrogens is 318 g/mol. The molecule has 2 aromatic rings. The Morgan fingerprint density at radius 3 is 2.74 bits per heavy atom. The summed E-state index contributed by atoms with van der Waals surface area (Å²) in [5.41, 5.74) is 3.57. The van der Waals surface area contributed by atoms with E-state index in [9.17, 15) is 9.90 Å². The van der Waals surface area contributed by atoms with E-state index in [0.717, 1.165) is 11.4 Å². The molecule has 0 saturated carbocycles. The molecule has 120 valence electrons. The molecule has 0 aliphatic carbocycles. The number of anilines is 1. The third-order valence-electron chi connectivity index (χ3n) is 2.93. The fourth-order valence-electron chi connectivity index (χ4n) is 1.73. The highest BCUT2D eigenvalue weighted by atomic mass is 35.5. The Balaban J connectivity index is 1.82. The number of rotatable bonds is 6. The third-order valence-corrected chi connectivity index (χ3v) is 3.16. The van der Waals surface area contributed by atoms with Crippen LogP contribution < -0.4 is 15.5 Å². The molecule has 0 aliphatic rings. The van der Waals surface area contributed by atoms with Gasteiger partial charge < -0.3 is 15.2 Å². The number of hydrogen-bond acceptors (Lipinski definition) is 5. The molecule has 3 N–H and O–H groups in total. The Hall–Kier alpha value is -2.73. The van der Waals surface area contributed by atoms with Crippen LogP contribution in [0.5, 0.6) is 11.5 Å². The van der Waals surface area contributed by atoms with E-state index >= 15 is 0 Å². The summed E-state index contributed by atoms with van der Waals surface area (Å²) in [6.45, 7) is 0.0607. The lowest BCUT2D eigenvalue weighted by Gasteiger charge is -2.06. The zero-order chi connectivity index (χ0) is 16.7. The lowest BCUT2D eigenvalue weighted by molar-refractivity contribution is -0.119. The van der Waals surface area contributed by atoms with Crippen molar-refractivity contribution in [3.63, 3.8) is 0 Å². The molecule has 0 aliphatic heterocycles. The first-order valence-electron chi connectivity index (χ1n) is 6.77. The van der Waals surface area contributed by atoms with E-state index in [-0.39, 0.29) is 18.2 Å². The van der Waals surface area contributed by atoms with Gasteiger partial charge in [0.1, 0.15) is 11.5 Å². The van der Waals surface area contributed by atoms with Crippen LogP contribution in [0.4, 0.5) is 5.69 Å². The highest BCUT2D eigenvalue weighted by Gasteiger charge is 2.01. The number of phenols is 1. The molecule has 1 amide bonds. The zero-order valence-electron chi connectivity index (χ0n) is 12.4. The second-order valence-corrected chi connectivity index (χ2v) is 5.01. The number of hydrazone groups is 1. The van der Waals surface area contributed by atoms with Gasteiger partial charge in [-0.15, -0.1) is 0 Å². The fourth-order valence-corrected chi connectivity index (χ4v) is 1.91. The van der Waals surface area contributed by atoms with Gasteiger partial charge in [-0.3, -0.25) is 4.79 Å². The summed E-state index contributed by atoms with van der Waals surface area (Å²) in [7, 11) is 1.59. The van der Waals surface area contributed by atoms with Crippen LogP contribution in [0.3, 0.4) is 0 Å². The maximum Gasteiger partial charge on any atom is 0.259 e. The average molecular weight is 334 g/mol. The molecule has 2 aromatic carbocycles. The van der Waals surface area contributed by atoms with Crippen molar-refractivity contribution >= 4 is 29.4 Å². The summed E-state index contributed by atoms with van der Waals surface area (Å²) in [6.07, 6.45) is 1.33. The van der Waals surface area contributed by atoms with Gasteiger partial charge in [-0.25, -0.2) is 5.43 Å². The monoisotopic (exact) mass is 333 g/mol. The van der Waals surface area contributed by atoms with Gasteiger partial charge in [0.05, 0.1) is 19.9 Å². The number of carbonyl (C=O) groups excluding carboxylic acids is 1. The summed E-state index contributed by atoms with van der Waals surface area (Å²) >= 11 is 5.82. The molecule has 0 atom stereocenters. The van der Waals surface area contributed by atoms with Gasteiger partial charge in [-0.2, -0.15) is 5.10 Å². The van der Waals surface area contributed by atoms with Crippen LogP contribution in [0.1, 0.15) is 5.56 Å². The summed E-state index contributed by atoms with van der Waals surface area (Å²) < 4.78 is 5.05. The largest absolute Gasteiger partial charge is 0.507 e. The molecule has 7 heteroatoms. The van der Waals surface area contributed by atoms with E-state index in [0.29, 0.717) is 10.6 Å². The average Bonchev–Trinajstić information content (AvgIpc) is 2.56. The molecule has 0 aromatic heterocycles. The first kappa shape index (κ1) is 16.6. The lowest BCUT2D eigenvalue weighted by Crippen LogP contribution is -2.25. The van der Waals surface area contributed by atoms with E-state index in [1.54, 1.807) is 43.5 Å². The number of benzene rings is 2. The Bertz CT molecular complexity index is 702. The number of phenolic OH excluding ortho intramolecular Hbond substituents is 1. The van der Waals surface area contributed by atoms with Crippen molar-refractivity contribution in [1.29, 1.82) is 0 Å². The SMILES string of the molecule is COc1ccc(NCC(=O)N/N=C/c2cc(Cl)ccc2O)cc1. The number of ether oxygens (including phenoxy) is 1. The number of aromatic hydroxyl groups is 1. The minimum atomic E-state index is -0.321. The van der Waals surface area contributed by atoms with Crippen LogP contribution in [0.2, 0.25) is 5.02 Å². The van der Waals surface area contributed by atoms with Crippen LogP contribution in [-0.2, 0) is 4.79 Å². The van der Waals surface area contributed by atoms with Gasteiger partial charge >= 0.3 is 0 Å². The number of halogens is 1. The standard InChI is InChI=1S/C16H16ClN3O3/c1-23-14-5-3-13(4-6-14)18-10-16(22)20-19-9-11-8-12(17)2-7-15(11)21/h2-9,18,21H,10H2,1H3,(H,20,22)/b19-9+. The van der Waals surface area contributed by atoms with Gasteiger partial charge in [-0.1, -0.05) is 11.6 Å². The summed E-state index contributed by atoms with van der Waals surface area (Å²) in [6, 6.07) is 11.8. The molecule has 0 saturated heterocycles. The summed E-state index contributed by atoms with van der Waals surface area (Å²) in [5, 5.41) is 16.8. The molecule has 0 heterocycles. The van der Waals surface area contributed by atoms with E-state index < -0.39 is 0 Å². The van der Waals surface area contributed by atoms with Crippen LogP contribution >= 0.6 is 11.6 Å². The topological polar surface area (TPSA) is 83.0 Å². The quantitative estimate of drug-likeness (QED) is 0.560. The van der Waals surface area contributed by atoms with Crippen molar-refractivity contribution in [2.24, 2.45) is 5.10 Å². The van der Waals surface area contributed by atoms with Gasteiger partial charge in [0.2, 0.25) is 0 Å². The Morgan fingerprint density at radius 1 is 1.30 bits per heavy atom. The molecule has 0 spiro atoms. The van der Waals surface area contributed by atoms with E-state index in [2.05, 4.69) is 15.8 Å². The van der Waals surface area contributed by atoms with E-state index in [1.807, 2.05) is 0 Å².